The maximum absolute atomic E-state index is 12.8. The van der Waals surface area contributed by atoms with Crippen molar-refractivity contribution in [3.8, 4) is 0 Å². The highest BCUT2D eigenvalue weighted by Crippen LogP contribution is 2.47. The molecule has 0 aliphatic heterocycles. The van der Waals surface area contributed by atoms with Crippen LogP contribution in [-0.4, -0.2) is 59.2 Å². The zero-order valence-electron chi connectivity index (χ0n) is 18.9. The minimum Gasteiger partial charge on any atom is -0.480 e. The van der Waals surface area contributed by atoms with E-state index < -0.39 is 38.5 Å². The first-order valence-corrected chi connectivity index (χ1v) is 14.8. The fraction of sp³-hybridized carbons (Fsp3) is 0.545. The number of ketones is 1. The molecule has 0 aromatic heterocycles. The molecule has 180 valence electrons. The molecule has 1 aromatic rings. The third-order valence-corrected chi connectivity index (χ3v) is 6.51. The fourth-order valence-electron chi connectivity index (χ4n) is 2.87. The van der Waals surface area contributed by atoms with E-state index in [0.717, 1.165) is 5.56 Å². The van der Waals surface area contributed by atoms with Crippen LogP contribution in [0.1, 0.15) is 38.7 Å². The van der Waals surface area contributed by atoms with Crippen molar-refractivity contribution in [3.05, 3.63) is 35.9 Å². The molecule has 0 aliphatic carbocycles. The molecule has 0 bridgehead atoms. The van der Waals surface area contributed by atoms with Crippen molar-refractivity contribution < 1.29 is 29.0 Å². The first-order chi connectivity index (χ1) is 14.9. The van der Waals surface area contributed by atoms with Gasteiger partial charge < -0.3 is 20.5 Å². The summed E-state index contributed by atoms with van der Waals surface area (Å²) in [5, 5.41) is 14.5. The van der Waals surface area contributed by atoms with Gasteiger partial charge in [-0.3, -0.25) is 9.59 Å². The van der Waals surface area contributed by atoms with E-state index in [9.17, 15) is 24.3 Å². The summed E-state index contributed by atoms with van der Waals surface area (Å²) in [6.07, 6.45) is 3.70. The summed E-state index contributed by atoms with van der Waals surface area (Å²) in [6.45, 7) is 3.69. The van der Waals surface area contributed by atoms with Gasteiger partial charge in [-0.2, -0.15) is 8.46 Å². The van der Waals surface area contributed by atoms with E-state index in [0.29, 0.717) is 12.2 Å². The predicted molar refractivity (Wildman–Crippen MR) is 130 cm³/mol. The number of amides is 2. The van der Waals surface area contributed by atoms with Crippen LogP contribution < -0.4 is 10.6 Å². The van der Waals surface area contributed by atoms with Gasteiger partial charge in [0.05, 0.1) is 0 Å². The molecule has 3 N–H and O–H groups in total. The van der Waals surface area contributed by atoms with Crippen LogP contribution in [0.2, 0.25) is 0 Å². The van der Waals surface area contributed by atoms with Gasteiger partial charge in [0.1, 0.15) is 24.5 Å². The van der Waals surface area contributed by atoms with Gasteiger partial charge in [0.25, 0.3) is 0 Å². The van der Waals surface area contributed by atoms with Crippen LogP contribution in [0.3, 0.4) is 0 Å². The molecular weight excluding hydrogens is 500 g/mol. The number of carbonyl (C=O) groups excluding carboxylic acids is 3. The summed E-state index contributed by atoms with van der Waals surface area (Å²) < 4.78 is 5.19. The lowest BCUT2D eigenvalue weighted by Crippen LogP contribution is -2.54. The molecule has 0 spiro atoms. The van der Waals surface area contributed by atoms with E-state index >= 15 is 0 Å². The molecule has 3 unspecified atom stereocenters. The van der Waals surface area contributed by atoms with E-state index in [1.807, 2.05) is 49.8 Å². The molecule has 0 fully saturated rings. The fourth-order valence-corrected chi connectivity index (χ4v) is 4.55. The number of aliphatic carboxylic acids is 1. The van der Waals surface area contributed by atoms with Gasteiger partial charge in [0.15, 0.2) is 0 Å². The Balaban J connectivity index is 2.71. The highest BCUT2D eigenvalue weighted by atomic mass is 79.9. The van der Waals surface area contributed by atoms with Crippen LogP contribution in [0.4, 0.5) is 4.79 Å². The van der Waals surface area contributed by atoms with Gasteiger partial charge in [-0.15, -0.1) is 0 Å². The molecule has 10 heteroatoms. The summed E-state index contributed by atoms with van der Waals surface area (Å²) in [5.74, 6) is -1.84. The van der Waals surface area contributed by atoms with E-state index in [1.54, 1.807) is 6.92 Å². The Morgan fingerprint density at radius 1 is 1.12 bits per heavy atom. The van der Waals surface area contributed by atoms with E-state index in [2.05, 4.69) is 25.4 Å². The van der Waals surface area contributed by atoms with Gasteiger partial charge >= 0.3 is 12.1 Å². The zero-order valence-corrected chi connectivity index (χ0v) is 21.3. The van der Waals surface area contributed by atoms with Gasteiger partial charge in [0, 0.05) is 12.2 Å². The van der Waals surface area contributed by atoms with Crippen molar-refractivity contribution in [1.82, 2.24) is 10.6 Å². The highest BCUT2D eigenvalue weighted by Gasteiger charge is 2.30. The van der Waals surface area contributed by atoms with Crippen LogP contribution >= 0.6 is 23.3 Å². The van der Waals surface area contributed by atoms with Gasteiger partial charge in [-0.25, -0.2) is 9.59 Å². The van der Waals surface area contributed by atoms with Gasteiger partial charge in [0.2, 0.25) is 5.91 Å². The average molecular weight is 533 g/mol. The SMILES string of the molecule is CCC(C)C(NC(=O)OCc1ccccc1)C(=O)NC(CCC(=O)CS(C)(C)Br)C(=O)O. The molecular formula is C22H33BrN2O6S. The molecule has 0 radical (unpaired) electrons. The second-order valence-corrected chi connectivity index (χ2v) is 16.4. The topological polar surface area (TPSA) is 122 Å². The second kappa shape index (κ2) is 13.5. The number of rotatable bonds is 13. The number of hydrogen-bond donors (Lipinski definition) is 3. The van der Waals surface area contributed by atoms with Crippen molar-refractivity contribution in [1.29, 1.82) is 0 Å². The minimum atomic E-state index is -1.23. The largest absolute Gasteiger partial charge is 0.480 e. The summed E-state index contributed by atoms with van der Waals surface area (Å²) in [7, 11) is -1.21. The standard InChI is InChI=1S/C22H33BrN2O6S/c1-5-15(2)19(25-22(30)31-13-16-9-7-6-8-10-16)20(27)24-18(21(28)29)12-11-17(26)14-32(3,4)23/h6-10,15,18-19H,5,11-14H2,1-4H3,(H,24,27)(H,25,30)(H,28,29). The predicted octanol–water partition coefficient (Wildman–Crippen LogP) is 3.62. The quantitative estimate of drug-likeness (QED) is 0.356. The Hall–Kier alpha value is -2.07. The molecule has 0 saturated heterocycles. The Labute approximate surface area is 198 Å². The van der Waals surface area contributed by atoms with Crippen LogP contribution in [0.15, 0.2) is 30.3 Å². The number of halogens is 1. The second-order valence-electron chi connectivity index (χ2n) is 8.09. The molecule has 1 rings (SSSR count). The summed E-state index contributed by atoms with van der Waals surface area (Å²) >= 11 is 3.47. The Bertz CT molecular complexity index is 784. The zero-order chi connectivity index (χ0) is 24.3. The lowest BCUT2D eigenvalue weighted by atomic mass is 9.98. The Morgan fingerprint density at radius 3 is 2.28 bits per heavy atom. The molecule has 0 aliphatic rings. The van der Waals surface area contributed by atoms with E-state index in [-0.39, 0.29) is 31.1 Å². The maximum Gasteiger partial charge on any atom is 0.408 e. The molecule has 0 heterocycles. The van der Waals surface area contributed by atoms with Crippen molar-refractivity contribution >= 4 is 47.0 Å². The molecule has 3 atom stereocenters. The number of benzene rings is 1. The first-order valence-electron chi connectivity index (χ1n) is 10.4. The Morgan fingerprint density at radius 2 is 1.75 bits per heavy atom. The van der Waals surface area contributed by atoms with Crippen LogP contribution in [0.25, 0.3) is 0 Å². The van der Waals surface area contributed by atoms with Crippen LogP contribution in [0, 0.1) is 5.92 Å². The molecule has 1 aromatic carbocycles. The summed E-state index contributed by atoms with van der Waals surface area (Å²) in [6, 6.07) is 6.92. The highest BCUT2D eigenvalue weighted by molar-refractivity contribution is 9.58. The van der Waals surface area contributed by atoms with Gasteiger partial charge in [-0.05, 0) is 45.2 Å². The molecule has 32 heavy (non-hydrogen) atoms. The van der Waals surface area contributed by atoms with E-state index in [1.165, 1.54) is 0 Å². The third kappa shape index (κ3) is 11.0. The van der Waals surface area contributed by atoms with Crippen molar-refractivity contribution in [2.75, 3.05) is 18.3 Å². The number of carboxylic acids is 1. The number of carboxylic acid groups (broad SMARTS) is 1. The van der Waals surface area contributed by atoms with Crippen molar-refractivity contribution in [3.63, 3.8) is 0 Å². The van der Waals surface area contributed by atoms with Crippen molar-refractivity contribution in [2.24, 2.45) is 5.92 Å². The summed E-state index contributed by atoms with van der Waals surface area (Å²) in [4.78, 5) is 48.8. The monoisotopic (exact) mass is 532 g/mol. The molecule has 8 nitrogen and oxygen atoms in total. The number of Topliss-reactive ketones (excluding diaryl/α,β-unsaturated/α-hetero) is 1. The third-order valence-electron chi connectivity index (χ3n) is 4.81. The molecule has 0 saturated carbocycles. The number of carbonyl (C=O) groups is 4. The maximum atomic E-state index is 12.8. The van der Waals surface area contributed by atoms with Crippen molar-refractivity contribution in [2.45, 2.75) is 51.8 Å². The first kappa shape index (κ1) is 28.0. The minimum absolute atomic E-state index is 0.0197. The van der Waals surface area contributed by atoms with Crippen LogP contribution in [-0.2, 0) is 25.7 Å². The lowest BCUT2D eigenvalue weighted by Gasteiger charge is -2.25. The van der Waals surface area contributed by atoms with Gasteiger partial charge in [-0.1, -0.05) is 50.6 Å². The number of hydrogen-bond acceptors (Lipinski definition) is 5. The number of nitrogens with one attached hydrogen (secondary N) is 2. The van der Waals surface area contributed by atoms with Crippen LogP contribution in [0.5, 0.6) is 0 Å². The lowest BCUT2D eigenvalue weighted by molar-refractivity contribution is -0.142. The smallest absolute Gasteiger partial charge is 0.408 e. The summed E-state index contributed by atoms with van der Waals surface area (Å²) in [5.41, 5.74) is 0.802. The average Bonchev–Trinajstić information content (AvgIpc) is 2.72. The number of ether oxygens (including phenoxy) is 1. The van der Waals surface area contributed by atoms with E-state index in [4.69, 9.17) is 4.74 Å². The number of alkyl carbamates (subject to hydrolysis) is 1. The normalized spacial score (nSPS) is 14.5. The Kier molecular flexibility index (Phi) is 11.8. The molecule has 2 amide bonds.